The van der Waals surface area contributed by atoms with Crippen molar-refractivity contribution in [3.05, 3.63) is 0 Å². The van der Waals surface area contributed by atoms with Gasteiger partial charge in [0.15, 0.2) is 0 Å². The SMILES string of the molecule is SCCC1CN[C@@H]2CCCC[C@H]2NC1. The monoisotopic (exact) mass is 214 g/mol. The van der Waals surface area contributed by atoms with E-state index in [-0.39, 0.29) is 0 Å². The number of hydrogen-bond donors (Lipinski definition) is 3. The van der Waals surface area contributed by atoms with Crippen molar-refractivity contribution in [2.24, 2.45) is 5.92 Å². The standard InChI is InChI=1S/C11H22N2S/c14-6-5-9-7-12-10-3-1-2-4-11(10)13-8-9/h9-14H,1-8H2/t10-,11-/m1/s1. The van der Waals surface area contributed by atoms with Gasteiger partial charge in [-0.3, -0.25) is 0 Å². The van der Waals surface area contributed by atoms with E-state index in [4.69, 9.17) is 0 Å². The molecule has 2 rings (SSSR count). The minimum atomic E-state index is 0.744. The number of hydrogen-bond acceptors (Lipinski definition) is 3. The van der Waals surface area contributed by atoms with Gasteiger partial charge in [0.1, 0.15) is 0 Å². The summed E-state index contributed by atoms with van der Waals surface area (Å²) in [6, 6.07) is 1.49. The Bertz CT molecular complexity index is 159. The second kappa shape index (κ2) is 5.38. The fraction of sp³-hybridized carbons (Fsp3) is 1.00. The summed E-state index contributed by atoms with van der Waals surface area (Å²) < 4.78 is 0. The number of fused-ring (bicyclic) bond motifs is 1. The molecule has 2 atom stereocenters. The van der Waals surface area contributed by atoms with Crippen LogP contribution < -0.4 is 10.6 Å². The molecule has 0 aromatic rings. The van der Waals surface area contributed by atoms with Gasteiger partial charge < -0.3 is 10.6 Å². The number of thiol groups is 1. The molecule has 2 N–H and O–H groups in total. The molecule has 0 bridgehead atoms. The summed E-state index contributed by atoms with van der Waals surface area (Å²) in [6.45, 7) is 2.38. The zero-order valence-electron chi connectivity index (χ0n) is 8.84. The van der Waals surface area contributed by atoms with Gasteiger partial charge in [-0.15, -0.1) is 0 Å². The van der Waals surface area contributed by atoms with Crippen molar-refractivity contribution in [3.8, 4) is 0 Å². The molecule has 1 saturated carbocycles. The van der Waals surface area contributed by atoms with Gasteiger partial charge in [0.05, 0.1) is 0 Å². The Morgan fingerprint density at radius 1 is 1.00 bits per heavy atom. The Hall–Kier alpha value is 0.270. The zero-order valence-corrected chi connectivity index (χ0v) is 9.73. The van der Waals surface area contributed by atoms with Gasteiger partial charge in [-0.2, -0.15) is 12.6 Å². The molecule has 3 heteroatoms. The van der Waals surface area contributed by atoms with Gasteiger partial charge in [-0.25, -0.2) is 0 Å². The van der Waals surface area contributed by atoms with Gasteiger partial charge in [0, 0.05) is 12.1 Å². The Balaban J connectivity index is 1.85. The van der Waals surface area contributed by atoms with Crippen LogP contribution in [-0.2, 0) is 0 Å². The molecule has 0 aromatic carbocycles. The summed E-state index contributed by atoms with van der Waals surface area (Å²) in [6.07, 6.45) is 6.79. The molecule has 0 amide bonds. The molecule has 0 spiro atoms. The van der Waals surface area contributed by atoms with E-state index in [1.54, 1.807) is 0 Å². The van der Waals surface area contributed by atoms with Gasteiger partial charge in [-0.1, -0.05) is 12.8 Å². The van der Waals surface area contributed by atoms with E-state index in [9.17, 15) is 0 Å². The highest BCUT2D eigenvalue weighted by Gasteiger charge is 2.28. The van der Waals surface area contributed by atoms with Crippen LogP contribution in [0.1, 0.15) is 32.1 Å². The lowest BCUT2D eigenvalue weighted by molar-refractivity contribution is 0.309. The first-order valence-corrected chi connectivity index (χ1v) is 6.61. The van der Waals surface area contributed by atoms with E-state index < -0.39 is 0 Å². The average molecular weight is 214 g/mol. The van der Waals surface area contributed by atoms with Crippen molar-refractivity contribution in [1.29, 1.82) is 0 Å². The normalized spacial score (nSPS) is 34.9. The molecule has 0 aromatic heterocycles. The number of rotatable bonds is 2. The fourth-order valence-electron chi connectivity index (χ4n) is 2.71. The molecule has 2 nitrogen and oxygen atoms in total. The molecule has 1 aliphatic heterocycles. The summed E-state index contributed by atoms with van der Waals surface area (Å²) in [5.74, 6) is 1.81. The van der Waals surface area contributed by atoms with Crippen LogP contribution in [0.3, 0.4) is 0 Å². The van der Waals surface area contributed by atoms with E-state index in [1.165, 1.54) is 45.2 Å². The van der Waals surface area contributed by atoms with Crippen LogP contribution in [0.4, 0.5) is 0 Å². The van der Waals surface area contributed by atoms with Crippen LogP contribution in [0.15, 0.2) is 0 Å². The van der Waals surface area contributed by atoms with Crippen LogP contribution in [-0.4, -0.2) is 30.9 Å². The lowest BCUT2D eigenvalue weighted by atomic mass is 9.91. The minimum absolute atomic E-state index is 0.744. The first-order valence-electron chi connectivity index (χ1n) is 5.98. The molecule has 1 aliphatic carbocycles. The van der Waals surface area contributed by atoms with Crippen molar-refractivity contribution in [2.75, 3.05) is 18.8 Å². The van der Waals surface area contributed by atoms with Crippen molar-refractivity contribution < 1.29 is 0 Å². The van der Waals surface area contributed by atoms with E-state index in [0.29, 0.717) is 0 Å². The van der Waals surface area contributed by atoms with Crippen LogP contribution >= 0.6 is 12.6 Å². The zero-order chi connectivity index (χ0) is 9.80. The van der Waals surface area contributed by atoms with Gasteiger partial charge in [0.2, 0.25) is 0 Å². The predicted octanol–water partition coefficient (Wildman–Crippen LogP) is 1.43. The largest absolute Gasteiger partial charge is 0.312 e. The summed E-state index contributed by atoms with van der Waals surface area (Å²) in [5, 5.41) is 7.44. The van der Waals surface area contributed by atoms with Crippen LogP contribution in [0.25, 0.3) is 0 Å². The van der Waals surface area contributed by atoms with Gasteiger partial charge in [0.25, 0.3) is 0 Å². The second-order valence-corrected chi connectivity index (χ2v) is 5.14. The highest BCUT2D eigenvalue weighted by atomic mass is 32.1. The van der Waals surface area contributed by atoms with E-state index in [2.05, 4.69) is 23.3 Å². The maximum Gasteiger partial charge on any atom is 0.0221 e. The Kier molecular flexibility index (Phi) is 4.14. The lowest BCUT2D eigenvalue weighted by Gasteiger charge is -2.30. The number of nitrogens with one attached hydrogen (secondary N) is 2. The Morgan fingerprint density at radius 2 is 1.57 bits per heavy atom. The molecule has 14 heavy (non-hydrogen) atoms. The first kappa shape index (κ1) is 10.8. The van der Waals surface area contributed by atoms with E-state index >= 15 is 0 Å². The summed E-state index contributed by atoms with van der Waals surface area (Å²) in [5.41, 5.74) is 0. The average Bonchev–Trinajstić information content (AvgIpc) is 2.42. The molecule has 2 aliphatic rings. The van der Waals surface area contributed by atoms with Gasteiger partial charge in [-0.05, 0) is 44.0 Å². The summed E-state index contributed by atoms with van der Waals surface area (Å²) in [7, 11) is 0. The van der Waals surface area contributed by atoms with Crippen molar-refractivity contribution >= 4 is 12.6 Å². The van der Waals surface area contributed by atoms with Crippen molar-refractivity contribution in [2.45, 2.75) is 44.2 Å². The van der Waals surface area contributed by atoms with E-state index in [1.807, 2.05) is 0 Å². The molecule has 82 valence electrons. The van der Waals surface area contributed by atoms with E-state index in [0.717, 1.165) is 23.8 Å². The van der Waals surface area contributed by atoms with Crippen molar-refractivity contribution in [3.63, 3.8) is 0 Å². The molecule has 0 unspecified atom stereocenters. The molecule has 1 saturated heterocycles. The molecule has 0 radical (unpaired) electrons. The van der Waals surface area contributed by atoms with Gasteiger partial charge >= 0.3 is 0 Å². The Labute approximate surface area is 92.6 Å². The highest BCUT2D eigenvalue weighted by molar-refractivity contribution is 7.80. The lowest BCUT2D eigenvalue weighted by Crippen LogP contribution is -2.47. The van der Waals surface area contributed by atoms with Crippen LogP contribution in [0, 0.1) is 5.92 Å². The summed E-state index contributed by atoms with van der Waals surface area (Å²) >= 11 is 4.31. The third kappa shape index (κ3) is 2.65. The smallest absolute Gasteiger partial charge is 0.0221 e. The van der Waals surface area contributed by atoms with Crippen LogP contribution in [0.2, 0.25) is 0 Å². The third-order valence-corrected chi connectivity index (χ3v) is 3.90. The fourth-order valence-corrected chi connectivity index (χ4v) is 3.08. The third-order valence-electron chi connectivity index (χ3n) is 3.64. The highest BCUT2D eigenvalue weighted by Crippen LogP contribution is 2.21. The second-order valence-electron chi connectivity index (χ2n) is 4.69. The predicted molar refractivity (Wildman–Crippen MR) is 64.0 cm³/mol. The Morgan fingerprint density at radius 3 is 2.07 bits per heavy atom. The van der Waals surface area contributed by atoms with Crippen LogP contribution in [0.5, 0.6) is 0 Å². The topological polar surface area (TPSA) is 24.1 Å². The quantitative estimate of drug-likeness (QED) is 0.606. The molecule has 2 fully saturated rings. The summed E-state index contributed by atoms with van der Waals surface area (Å²) in [4.78, 5) is 0. The maximum atomic E-state index is 4.31. The maximum absolute atomic E-state index is 4.31. The minimum Gasteiger partial charge on any atom is -0.312 e. The molecular weight excluding hydrogens is 192 g/mol. The first-order chi connectivity index (χ1) is 6.90. The molecule has 1 heterocycles. The van der Waals surface area contributed by atoms with Crippen molar-refractivity contribution in [1.82, 2.24) is 10.6 Å². The molecular formula is C11H22N2S.